The number of nitrogens with zero attached hydrogens (tertiary/aromatic N) is 2. The molecule has 1 aromatic rings. The average molecular weight is 152 g/mol. The molecule has 1 unspecified atom stereocenters. The first-order valence-electron chi connectivity index (χ1n) is 3.34. The standard InChI is InChI=1S/C6H8N4O/c11-6-9-3-4-5(10-6)8-2-1-7-4/h1-2,6,9,11H,3H2,(H,8,10). The van der Waals surface area contributed by atoms with Gasteiger partial charge in [-0.15, -0.1) is 0 Å². The van der Waals surface area contributed by atoms with E-state index in [0.29, 0.717) is 12.4 Å². The minimum atomic E-state index is -0.709. The van der Waals surface area contributed by atoms with Crippen LogP contribution in [0, 0.1) is 0 Å². The topological polar surface area (TPSA) is 70.1 Å². The van der Waals surface area contributed by atoms with E-state index in [1.165, 1.54) is 0 Å². The first-order chi connectivity index (χ1) is 5.36. The average Bonchev–Trinajstić information content (AvgIpc) is 2.04. The van der Waals surface area contributed by atoms with Crippen molar-refractivity contribution in [3.05, 3.63) is 18.1 Å². The Morgan fingerprint density at radius 2 is 2.27 bits per heavy atom. The molecule has 5 nitrogen and oxygen atoms in total. The van der Waals surface area contributed by atoms with Gasteiger partial charge in [-0.05, 0) is 0 Å². The summed E-state index contributed by atoms with van der Waals surface area (Å²) < 4.78 is 0. The quantitative estimate of drug-likeness (QED) is 0.457. The summed E-state index contributed by atoms with van der Waals surface area (Å²) in [4.78, 5) is 8.05. The van der Waals surface area contributed by atoms with E-state index in [9.17, 15) is 0 Å². The summed E-state index contributed by atoms with van der Waals surface area (Å²) in [7, 11) is 0. The lowest BCUT2D eigenvalue weighted by atomic mass is 10.3. The van der Waals surface area contributed by atoms with Gasteiger partial charge in [-0.1, -0.05) is 0 Å². The molecule has 5 heteroatoms. The van der Waals surface area contributed by atoms with Gasteiger partial charge in [-0.25, -0.2) is 4.98 Å². The number of fused-ring (bicyclic) bond motifs is 1. The van der Waals surface area contributed by atoms with Crippen molar-refractivity contribution in [2.75, 3.05) is 5.32 Å². The summed E-state index contributed by atoms with van der Waals surface area (Å²) >= 11 is 0. The third kappa shape index (κ3) is 1.15. The lowest BCUT2D eigenvalue weighted by molar-refractivity contribution is 0.157. The number of nitrogens with one attached hydrogen (secondary N) is 2. The van der Waals surface area contributed by atoms with Crippen LogP contribution in [-0.4, -0.2) is 21.4 Å². The van der Waals surface area contributed by atoms with Gasteiger partial charge in [0.25, 0.3) is 0 Å². The summed E-state index contributed by atoms with van der Waals surface area (Å²) in [5, 5.41) is 14.6. The highest BCUT2D eigenvalue weighted by atomic mass is 16.3. The number of aromatic nitrogens is 2. The number of anilines is 1. The lowest BCUT2D eigenvalue weighted by Crippen LogP contribution is -2.40. The van der Waals surface area contributed by atoms with Crippen molar-refractivity contribution in [1.82, 2.24) is 15.3 Å². The number of rotatable bonds is 0. The number of aliphatic hydroxyl groups is 1. The van der Waals surface area contributed by atoms with E-state index in [1.54, 1.807) is 12.4 Å². The zero-order valence-electron chi connectivity index (χ0n) is 5.78. The largest absolute Gasteiger partial charge is 0.361 e. The zero-order chi connectivity index (χ0) is 7.68. The highest BCUT2D eigenvalue weighted by Crippen LogP contribution is 2.11. The summed E-state index contributed by atoms with van der Waals surface area (Å²) in [6.45, 7) is 0.553. The van der Waals surface area contributed by atoms with Gasteiger partial charge in [-0.3, -0.25) is 10.3 Å². The molecule has 0 aliphatic carbocycles. The molecule has 1 atom stereocenters. The van der Waals surface area contributed by atoms with Crippen LogP contribution in [0.3, 0.4) is 0 Å². The fourth-order valence-corrected chi connectivity index (χ4v) is 0.991. The molecule has 2 rings (SSSR count). The molecule has 1 aliphatic heterocycles. The van der Waals surface area contributed by atoms with Gasteiger partial charge in [0.05, 0.1) is 5.69 Å². The van der Waals surface area contributed by atoms with E-state index < -0.39 is 6.35 Å². The molecule has 0 radical (unpaired) electrons. The van der Waals surface area contributed by atoms with Crippen LogP contribution in [0.5, 0.6) is 0 Å². The Bertz CT molecular complexity index is 265. The summed E-state index contributed by atoms with van der Waals surface area (Å²) in [5.41, 5.74) is 0.831. The highest BCUT2D eigenvalue weighted by Gasteiger charge is 2.14. The third-order valence-electron chi connectivity index (χ3n) is 1.51. The third-order valence-corrected chi connectivity index (χ3v) is 1.51. The van der Waals surface area contributed by atoms with Crippen molar-refractivity contribution in [1.29, 1.82) is 0 Å². The van der Waals surface area contributed by atoms with Crippen molar-refractivity contribution in [3.8, 4) is 0 Å². The van der Waals surface area contributed by atoms with E-state index >= 15 is 0 Å². The molecule has 11 heavy (non-hydrogen) atoms. The van der Waals surface area contributed by atoms with Crippen LogP contribution in [0.2, 0.25) is 0 Å². The molecule has 0 amide bonds. The van der Waals surface area contributed by atoms with E-state index in [-0.39, 0.29) is 0 Å². The Morgan fingerprint density at radius 3 is 3.18 bits per heavy atom. The van der Waals surface area contributed by atoms with Crippen molar-refractivity contribution in [2.45, 2.75) is 12.9 Å². The predicted octanol–water partition coefficient (Wildman–Crippen LogP) is -0.732. The van der Waals surface area contributed by atoms with Crippen molar-refractivity contribution >= 4 is 5.82 Å². The predicted molar refractivity (Wildman–Crippen MR) is 38.5 cm³/mol. The number of hydrogen-bond donors (Lipinski definition) is 3. The van der Waals surface area contributed by atoms with E-state index in [4.69, 9.17) is 5.11 Å². The molecule has 0 saturated carbocycles. The van der Waals surface area contributed by atoms with Gasteiger partial charge in [-0.2, -0.15) is 0 Å². The Balaban J connectivity index is 2.34. The van der Waals surface area contributed by atoms with Crippen LogP contribution in [-0.2, 0) is 6.54 Å². The second kappa shape index (κ2) is 2.44. The number of hydrogen-bond acceptors (Lipinski definition) is 5. The van der Waals surface area contributed by atoms with E-state index in [2.05, 4.69) is 20.6 Å². The summed E-state index contributed by atoms with van der Waals surface area (Å²) in [6, 6.07) is 0. The van der Waals surface area contributed by atoms with Crippen molar-refractivity contribution in [3.63, 3.8) is 0 Å². The smallest absolute Gasteiger partial charge is 0.182 e. The van der Waals surface area contributed by atoms with Crippen LogP contribution in [0.4, 0.5) is 5.82 Å². The minimum absolute atomic E-state index is 0.553. The van der Waals surface area contributed by atoms with Gasteiger partial charge < -0.3 is 10.4 Å². The van der Waals surface area contributed by atoms with Gasteiger partial charge in [0.15, 0.2) is 12.2 Å². The molecular weight excluding hydrogens is 144 g/mol. The van der Waals surface area contributed by atoms with Gasteiger partial charge in [0, 0.05) is 18.9 Å². The lowest BCUT2D eigenvalue weighted by Gasteiger charge is -2.21. The van der Waals surface area contributed by atoms with E-state index in [1.807, 2.05) is 0 Å². The molecule has 3 N–H and O–H groups in total. The van der Waals surface area contributed by atoms with Crippen LogP contribution in [0.15, 0.2) is 12.4 Å². The van der Waals surface area contributed by atoms with Crippen LogP contribution >= 0.6 is 0 Å². The second-order valence-corrected chi connectivity index (χ2v) is 2.28. The Hall–Kier alpha value is -1.20. The van der Waals surface area contributed by atoms with Crippen LogP contribution < -0.4 is 10.6 Å². The molecule has 0 aromatic carbocycles. The molecule has 0 spiro atoms. The van der Waals surface area contributed by atoms with Gasteiger partial charge in [0.2, 0.25) is 0 Å². The van der Waals surface area contributed by atoms with E-state index in [0.717, 1.165) is 5.69 Å². The Labute approximate surface area is 63.5 Å². The molecule has 0 fully saturated rings. The van der Waals surface area contributed by atoms with Crippen molar-refractivity contribution in [2.24, 2.45) is 0 Å². The SMILES string of the molecule is OC1NCc2nccnc2N1. The summed E-state index contributed by atoms with van der Waals surface area (Å²) in [5.74, 6) is 0.652. The molecule has 0 bridgehead atoms. The maximum absolute atomic E-state index is 9.07. The summed E-state index contributed by atoms with van der Waals surface area (Å²) in [6.07, 6.45) is 2.50. The van der Waals surface area contributed by atoms with Crippen LogP contribution in [0.1, 0.15) is 5.69 Å². The maximum atomic E-state index is 9.07. The first kappa shape index (κ1) is 6.51. The highest BCUT2D eigenvalue weighted by molar-refractivity contribution is 5.41. The number of aliphatic hydroxyl groups excluding tert-OH is 1. The first-order valence-corrected chi connectivity index (χ1v) is 3.34. The monoisotopic (exact) mass is 152 g/mol. The Morgan fingerprint density at radius 1 is 1.45 bits per heavy atom. The normalized spacial score (nSPS) is 22.1. The second-order valence-electron chi connectivity index (χ2n) is 2.28. The van der Waals surface area contributed by atoms with Crippen LogP contribution in [0.25, 0.3) is 0 Å². The van der Waals surface area contributed by atoms with Gasteiger partial charge in [0.1, 0.15) is 0 Å². The maximum Gasteiger partial charge on any atom is 0.182 e. The molecule has 58 valence electrons. The fourth-order valence-electron chi connectivity index (χ4n) is 0.991. The van der Waals surface area contributed by atoms with Crippen molar-refractivity contribution < 1.29 is 5.11 Å². The Kier molecular flexibility index (Phi) is 1.45. The molecule has 1 aromatic heterocycles. The molecule has 0 saturated heterocycles. The minimum Gasteiger partial charge on any atom is -0.361 e. The van der Waals surface area contributed by atoms with Gasteiger partial charge >= 0.3 is 0 Å². The zero-order valence-corrected chi connectivity index (χ0v) is 5.78. The molecule has 2 heterocycles. The molecule has 1 aliphatic rings. The fraction of sp³-hybridized carbons (Fsp3) is 0.333. The molecular formula is C6H8N4O.